The first kappa shape index (κ1) is 29.1. The third-order valence-electron chi connectivity index (χ3n) is 9.80. The number of allylic oxidation sites excluding steroid dienone is 7. The van der Waals surface area contributed by atoms with E-state index in [1.54, 1.807) is 0 Å². The molecule has 2 heterocycles. The first-order valence-electron chi connectivity index (χ1n) is 16.5. The van der Waals surface area contributed by atoms with Crippen LogP contribution >= 0.6 is 0 Å². The van der Waals surface area contributed by atoms with Crippen molar-refractivity contribution in [2.75, 3.05) is 4.90 Å². The van der Waals surface area contributed by atoms with Crippen LogP contribution < -0.4 is 4.90 Å². The maximum absolute atomic E-state index is 6.59. The molecular formula is C42H41NO2. The van der Waals surface area contributed by atoms with E-state index in [9.17, 15) is 0 Å². The van der Waals surface area contributed by atoms with Crippen molar-refractivity contribution in [3.63, 3.8) is 0 Å². The molecule has 2 aromatic heterocycles. The normalized spacial score (nSPS) is 21.3. The van der Waals surface area contributed by atoms with Gasteiger partial charge in [-0.25, -0.2) is 0 Å². The van der Waals surface area contributed by atoms with Gasteiger partial charge in [0.05, 0.1) is 11.1 Å². The van der Waals surface area contributed by atoms with E-state index in [4.69, 9.17) is 15.4 Å². The quantitative estimate of drug-likeness (QED) is 0.195. The Bertz CT molecular complexity index is 2010. The van der Waals surface area contributed by atoms with Crippen LogP contribution in [0.15, 0.2) is 112 Å². The molecule has 0 bridgehead atoms. The maximum Gasteiger partial charge on any atom is 0.160 e. The Labute approximate surface area is 266 Å². The number of benzene rings is 2. The molecule has 3 aromatic carbocycles. The van der Waals surface area contributed by atoms with E-state index < -0.39 is 0 Å². The number of nitrogens with zero attached hydrogens (tertiary/aromatic N) is 1. The van der Waals surface area contributed by atoms with E-state index in [1.807, 2.05) is 12.1 Å². The molecule has 226 valence electrons. The molecule has 45 heavy (non-hydrogen) atoms. The summed E-state index contributed by atoms with van der Waals surface area (Å²) in [6.45, 7) is 11.7. The van der Waals surface area contributed by atoms with E-state index in [0.717, 1.165) is 94.5 Å². The van der Waals surface area contributed by atoms with Crippen LogP contribution in [0.1, 0.15) is 70.6 Å². The van der Waals surface area contributed by atoms with Crippen LogP contribution in [0.4, 0.5) is 11.4 Å². The Morgan fingerprint density at radius 1 is 0.933 bits per heavy atom. The number of rotatable bonds is 4. The van der Waals surface area contributed by atoms with Crippen molar-refractivity contribution in [1.82, 2.24) is 0 Å². The fourth-order valence-corrected chi connectivity index (χ4v) is 6.97. The Morgan fingerprint density at radius 3 is 2.64 bits per heavy atom. The van der Waals surface area contributed by atoms with Gasteiger partial charge in [-0.2, -0.15) is 0 Å². The smallest absolute Gasteiger partial charge is 0.160 e. The molecule has 0 spiro atoms. The second kappa shape index (κ2) is 12.0. The van der Waals surface area contributed by atoms with Gasteiger partial charge < -0.3 is 13.7 Å². The van der Waals surface area contributed by atoms with Crippen molar-refractivity contribution in [3.05, 3.63) is 126 Å². The summed E-state index contributed by atoms with van der Waals surface area (Å²) in [5.41, 5.74) is 7.92. The Morgan fingerprint density at radius 2 is 1.78 bits per heavy atom. The molecule has 0 radical (unpaired) electrons. The zero-order valence-corrected chi connectivity index (χ0v) is 26.7. The third kappa shape index (κ3) is 5.33. The van der Waals surface area contributed by atoms with Crippen LogP contribution in [0.3, 0.4) is 0 Å². The van der Waals surface area contributed by atoms with Gasteiger partial charge in [-0.15, -0.1) is 0 Å². The molecule has 0 fully saturated rings. The van der Waals surface area contributed by atoms with Crippen LogP contribution in [0.2, 0.25) is 0 Å². The molecule has 2 aliphatic rings. The number of para-hydroxylation sites is 1. The molecule has 0 N–H and O–H groups in total. The maximum atomic E-state index is 6.59. The van der Waals surface area contributed by atoms with Gasteiger partial charge in [0.15, 0.2) is 5.58 Å². The topological polar surface area (TPSA) is 29.5 Å². The molecule has 0 amide bonds. The van der Waals surface area contributed by atoms with Crippen LogP contribution in [0.25, 0.3) is 39.0 Å². The highest BCUT2D eigenvalue weighted by atomic mass is 16.3. The largest absolute Gasteiger partial charge is 0.456 e. The fourth-order valence-electron chi connectivity index (χ4n) is 6.97. The summed E-state index contributed by atoms with van der Waals surface area (Å²) in [4.78, 5) is 2.35. The molecule has 3 heteroatoms. The first-order chi connectivity index (χ1) is 22.0. The lowest BCUT2D eigenvalue weighted by atomic mass is 9.71. The Kier molecular flexibility index (Phi) is 7.76. The van der Waals surface area contributed by atoms with Crippen molar-refractivity contribution >= 4 is 50.4 Å². The van der Waals surface area contributed by atoms with Gasteiger partial charge in [0.1, 0.15) is 16.9 Å². The monoisotopic (exact) mass is 591 g/mol. The molecule has 3 nitrogen and oxygen atoms in total. The molecule has 0 saturated heterocycles. The average Bonchev–Trinajstić information content (AvgIpc) is 3.62. The summed E-state index contributed by atoms with van der Waals surface area (Å²) in [6, 6.07) is 23.2. The lowest BCUT2D eigenvalue weighted by Crippen LogP contribution is -2.24. The van der Waals surface area contributed by atoms with Crippen LogP contribution in [-0.4, -0.2) is 0 Å². The van der Waals surface area contributed by atoms with Gasteiger partial charge in [0.25, 0.3) is 0 Å². The zero-order valence-electron chi connectivity index (χ0n) is 26.7. The van der Waals surface area contributed by atoms with Gasteiger partial charge in [0, 0.05) is 27.7 Å². The second-order valence-electron chi connectivity index (χ2n) is 12.9. The molecule has 1 atom stereocenters. The number of aryl methyl sites for hydroxylation is 1. The van der Waals surface area contributed by atoms with Gasteiger partial charge in [-0.1, -0.05) is 69.9 Å². The number of hydrogen-bond donors (Lipinski definition) is 0. The molecule has 0 aliphatic heterocycles. The molecular weight excluding hydrogens is 550 g/mol. The predicted octanol–water partition coefficient (Wildman–Crippen LogP) is 12.2. The van der Waals surface area contributed by atoms with Gasteiger partial charge in [-0.05, 0) is 123 Å². The van der Waals surface area contributed by atoms with Crippen LogP contribution in [0.5, 0.6) is 0 Å². The van der Waals surface area contributed by atoms with E-state index in [1.165, 1.54) is 17.4 Å². The van der Waals surface area contributed by atoms with E-state index in [-0.39, 0.29) is 5.41 Å². The lowest BCUT2D eigenvalue weighted by molar-refractivity contribution is 0.319. The molecule has 0 saturated carbocycles. The summed E-state index contributed by atoms with van der Waals surface area (Å²) in [5.74, 6) is 1.37. The van der Waals surface area contributed by atoms with Crippen molar-refractivity contribution in [2.45, 2.75) is 65.7 Å². The van der Waals surface area contributed by atoms with E-state index >= 15 is 0 Å². The summed E-state index contributed by atoms with van der Waals surface area (Å²) >= 11 is 0. The van der Waals surface area contributed by atoms with Crippen molar-refractivity contribution in [3.8, 4) is 0 Å². The fraction of sp³-hybridized carbons (Fsp3) is 0.286. The van der Waals surface area contributed by atoms with Crippen molar-refractivity contribution in [1.29, 1.82) is 0 Å². The summed E-state index contributed by atoms with van der Waals surface area (Å²) in [7, 11) is 0. The SMILES string of the molecule is C=C1/C=C(N(c2ccc3oc4c(c3c2)CCC=C4)c2cccc3c2oc2ccc#cc23)\C=C/CCCC/C=C\C(CC)C1(C)C. The number of furan rings is 2. The lowest BCUT2D eigenvalue weighted by Gasteiger charge is -2.34. The minimum Gasteiger partial charge on any atom is -0.456 e. The molecule has 7 rings (SSSR count). The average molecular weight is 592 g/mol. The number of anilines is 2. The molecule has 5 aromatic rings. The molecule has 1 unspecified atom stereocenters. The standard InChI is InChI=1S/C42H41NO2/c1-5-30-17-10-8-6-7-9-11-18-31(27-29(2)42(30,3)4)43(32-25-26-40-36(28-32)34-20-13-14-23-38(34)44-40)37-22-16-21-35-33-19-12-15-24-39(33)45-41(35)37/h10-11,14-18,21-28,30H,2,5-9,13,20H2,1,3-4H3/b17-10-,18-11-,31-27+. The number of hydrogen-bond acceptors (Lipinski definition) is 3. The highest BCUT2D eigenvalue weighted by molar-refractivity contribution is 6.09. The molecule has 2 aliphatic carbocycles. The van der Waals surface area contributed by atoms with E-state index in [0.29, 0.717) is 5.92 Å². The van der Waals surface area contributed by atoms with Crippen molar-refractivity contribution in [2.24, 2.45) is 11.3 Å². The summed E-state index contributed by atoms with van der Waals surface area (Å²) in [6.07, 6.45) is 23.6. The number of fused-ring (bicyclic) bond motifs is 6. The first-order valence-corrected chi connectivity index (χ1v) is 16.5. The Hall–Kier alpha value is -4.68. The third-order valence-corrected chi connectivity index (χ3v) is 9.80. The predicted molar refractivity (Wildman–Crippen MR) is 189 cm³/mol. The van der Waals surface area contributed by atoms with Crippen molar-refractivity contribution < 1.29 is 8.83 Å². The minimum absolute atomic E-state index is 0.125. The van der Waals surface area contributed by atoms with Crippen LogP contribution in [-0.2, 0) is 6.42 Å². The highest BCUT2D eigenvalue weighted by Crippen LogP contribution is 2.44. The van der Waals surface area contributed by atoms with Gasteiger partial charge >= 0.3 is 0 Å². The summed E-state index contributed by atoms with van der Waals surface area (Å²) in [5, 5.41) is 3.14. The highest BCUT2D eigenvalue weighted by Gasteiger charge is 2.30. The second-order valence-corrected chi connectivity index (χ2v) is 12.9. The zero-order chi connectivity index (χ0) is 31.0. The summed E-state index contributed by atoms with van der Waals surface area (Å²) < 4.78 is 12.9. The van der Waals surface area contributed by atoms with Gasteiger partial charge in [0.2, 0.25) is 0 Å². The van der Waals surface area contributed by atoms with E-state index in [2.05, 4.69) is 117 Å². The van der Waals surface area contributed by atoms with Crippen LogP contribution in [0, 0.1) is 23.5 Å². The Balaban J connectivity index is 1.47. The van der Waals surface area contributed by atoms with Gasteiger partial charge in [-0.3, -0.25) is 0 Å². The minimum atomic E-state index is -0.125.